The molecule has 0 unspecified atom stereocenters. The van der Waals surface area contributed by atoms with Gasteiger partial charge < -0.3 is 19.4 Å². The van der Waals surface area contributed by atoms with Gasteiger partial charge in [-0.15, -0.1) is 0 Å². The summed E-state index contributed by atoms with van der Waals surface area (Å²) in [6, 6.07) is 1.72. The predicted molar refractivity (Wildman–Crippen MR) is 80.7 cm³/mol. The second-order valence-electron chi connectivity index (χ2n) is 6.15. The first-order valence-corrected chi connectivity index (χ1v) is 6.77. The Morgan fingerprint density at radius 3 is 2.33 bits per heavy atom. The molecule has 0 bridgehead atoms. The highest BCUT2D eigenvalue weighted by molar-refractivity contribution is 6.52. The maximum atomic E-state index is 10.7. The molecule has 112 valence electrons. The second kappa shape index (κ2) is 5.24. The van der Waals surface area contributed by atoms with Crippen LogP contribution in [0, 0.1) is 17.0 Å². The Bertz CT molecular complexity index is 583. The Morgan fingerprint density at radius 1 is 1.29 bits per heavy atom. The van der Waals surface area contributed by atoms with E-state index < -0.39 is 12.0 Å². The molecule has 0 aliphatic carbocycles. The van der Waals surface area contributed by atoms with Gasteiger partial charge in [-0.1, -0.05) is 12.1 Å². The van der Waals surface area contributed by atoms with E-state index in [4.69, 9.17) is 9.31 Å². The largest absolute Gasteiger partial charge is 0.487 e. The predicted octanol–water partition coefficient (Wildman–Crippen LogP) is 2.94. The lowest BCUT2D eigenvalue weighted by Gasteiger charge is -2.32. The summed E-state index contributed by atoms with van der Waals surface area (Å²) in [6.45, 7) is 9.60. The van der Waals surface area contributed by atoms with Crippen molar-refractivity contribution in [3.05, 3.63) is 39.5 Å². The molecule has 0 N–H and O–H groups in total. The zero-order valence-electron chi connectivity index (χ0n) is 12.9. The molecule has 0 amide bonds. The van der Waals surface area contributed by atoms with E-state index in [1.54, 1.807) is 25.0 Å². The average Bonchev–Trinajstić information content (AvgIpc) is 2.55. The topological polar surface area (TPSA) is 74.5 Å². The number of aryl methyl sites for hydroxylation is 1. The van der Waals surface area contributed by atoms with Gasteiger partial charge >= 0.3 is 12.9 Å². The molecule has 1 fully saturated rings. The second-order valence-corrected chi connectivity index (χ2v) is 6.15. The third kappa shape index (κ3) is 3.14. The van der Waals surface area contributed by atoms with Crippen LogP contribution in [0.5, 0.6) is 0 Å². The number of hydrogen-bond donors (Lipinski definition) is 0. The molecule has 1 aromatic heterocycles. The third-order valence-corrected chi connectivity index (χ3v) is 3.96. The molecule has 2 heterocycles. The van der Waals surface area contributed by atoms with Gasteiger partial charge in [0.25, 0.3) is 0 Å². The van der Waals surface area contributed by atoms with Crippen LogP contribution >= 0.6 is 0 Å². The Morgan fingerprint density at radius 2 is 1.86 bits per heavy atom. The number of nitro groups is 1. The van der Waals surface area contributed by atoms with Crippen LogP contribution < -0.4 is 0 Å². The van der Waals surface area contributed by atoms with Crippen molar-refractivity contribution in [2.24, 2.45) is 0 Å². The number of nitrogens with zero attached hydrogens (tertiary/aromatic N) is 2. The van der Waals surface area contributed by atoms with Gasteiger partial charge in [0.05, 0.1) is 11.2 Å². The summed E-state index contributed by atoms with van der Waals surface area (Å²) in [4.78, 5) is 14.1. The zero-order valence-corrected chi connectivity index (χ0v) is 12.9. The molecular weight excluding hydrogens is 271 g/mol. The Kier molecular flexibility index (Phi) is 3.90. The van der Waals surface area contributed by atoms with Crippen LogP contribution in [-0.4, -0.2) is 28.2 Å². The molecule has 1 saturated heterocycles. The fourth-order valence-electron chi connectivity index (χ4n) is 2.03. The van der Waals surface area contributed by atoms with Gasteiger partial charge in [-0.25, -0.2) is 0 Å². The average molecular weight is 290 g/mol. The highest BCUT2D eigenvalue weighted by atomic mass is 16.7. The lowest BCUT2D eigenvalue weighted by molar-refractivity contribution is -0.390. The highest BCUT2D eigenvalue weighted by Gasteiger charge is 2.49. The first-order valence-electron chi connectivity index (χ1n) is 6.77. The fraction of sp³-hybridized carbons (Fsp3) is 0.500. The number of pyridine rings is 1. The smallest absolute Gasteiger partial charge is 0.400 e. The van der Waals surface area contributed by atoms with E-state index in [2.05, 4.69) is 4.98 Å². The van der Waals surface area contributed by atoms with E-state index in [0.717, 1.165) is 5.56 Å². The minimum absolute atomic E-state index is 0.122. The molecule has 1 aromatic rings. The monoisotopic (exact) mass is 290 g/mol. The summed E-state index contributed by atoms with van der Waals surface area (Å²) in [6.07, 6.45) is 3.26. The minimum atomic E-state index is -0.489. The molecule has 2 rings (SSSR count). The molecule has 7 heteroatoms. The van der Waals surface area contributed by atoms with E-state index >= 15 is 0 Å². The van der Waals surface area contributed by atoms with Crippen LogP contribution in [0.2, 0.25) is 0 Å². The van der Waals surface area contributed by atoms with Crippen molar-refractivity contribution in [1.82, 2.24) is 4.98 Å². The van der Waals surface area contributed by atoms with Crippen molar-refractivity contribution >= 4 is 19.0 Å². The Labute approximate surface area is 124 Å². The summed E-state index contributed by atoms with van der Waals surface area (Å²) in [5.41, 5.74) is 0.529. The molecular formula is C14H19BN2O4. The van der Waals surface area contributed by atoms with Crippen molar-refractivity contribution in [3.63, 3.8) is 0 Å². The van der Waals surface area contributed by atoms with Crippen molar-refractivity contribution < 1.29 is 14.2 Å². The van der Waals surface area contributed by atoms with Crippen LogP contribution in [0.25, 0.3) is 6.08 Å². The van der Waals surface area contributed by atoms with Crippen LogP contribution in [0.3, 0.4) is 0 Å². The summed E-state index contributed by atoms with van der Waals surface area (Å²) < 4.78 is 11.7. The van der Waals surface area contributed by atoms with Gasteiger partial charge in [0.1, 0.15) is 6.20 Å². The van der Waals surface area contributed by atoms with Gasteiger partial charge in [-0.2, -0.15) is 0 Å². The number of rotatable bonds is 3. The summed E-state index contributed by atoms with van der Waals surface area (Å²) in [5, 5.41) is 10.7. The van der Waals surface area contributed by atoms with Crippen molar-refractivity contribution in [2.45, 2.75) is 45.8 Å². The van der Waals surface area contributed by atoms with Gasteiger partial charge in [-0.05, 0) is 50.6 Å². The van der Waals surface area contributed by atoms with E-state index in [-0.39, 0.29) is 17.0 Å². The van der Waals surface area contributed by atoms with Crippen molar-refractivity contribution in [3.8, 4) is 0 Å². The normalized spacial score (nSPS) is 20.1. The highest BCUT2D eigenvalue weighted by Crippen LogP contribution is 2.37. The van der Waals surface area contributed by atoms with Crippen molar-refractivity contribution in [2.75, 3.05) is 0 Å². The first kappa shape index (κ1) is 15.7. The number of aromatic nitrogens is 1. The standard InChI is InChI=1S/C14H19BN2O4/c1-10-8-11(9-16-12(10)17(18)19)6-7-15-20-13(2,3)14(4,5)21-15/h6-9H,1-5H3/b7-6+. The lowest BCUT2D eigenvalue weighted by atomic mass is 9.89. The first-order chi connectivity index (χ1) is 9.62. The van der Waals surface area contributed by atoms with Gasteiger partial charge in [0.2, 0.25) is 0 Å². The van der Waals surface area contributed by atoms with E-state index in [0.29, 0.717) is 5.56 Å². The third-order valence-electron chi connectivity index (χ3n) is 3.96. The molecule has 1 aliphatic heterocycles. The molecule has 0 atom stereocenters. The molecule has 21 heavy (non-hydrogen) atoms. The summed E-state index contributed by atoms with van der Waals surface area (Å²) in [7, 11) is -0.439. The van der Waals surface area contributed by atoms with E-state index in [9.17, 15) is 10.1 Å². The Balaban J connectivity index is 2.13. The van der Waals surface area contributed by atoms with E-state index in [1.165, 1.54) is 6.20 Å². The maximum Gasteiger partial charge on any atom is 0.487 e. The lowest BCUT2D eigenvalue weighted by Crippen LogP contribution is -2.41. The van der Waals surface area contributed by atoms with Gasteiger partial charge in [0, 0.05) is 11.1 Å². The molecule has 0 aromatic carbocycles. The van der Waals surface area contributed by atoms with E-state index in [1.807, 2.05) is 27.7 Å². The molecule has 0 spiro atoms. The number of hydrogen-bond acceptors (Lipinski definition) is 5. The van der Waals surface area contributed by atoms with Gasteiger partial charge in [-0.3, -0.25) is 0 Å². The quantitative estimate of drug-likeness (QED) is 0.486. The summed E-state index contributed by atoms with van der Waals surface area (Å²) >= 11 is 0. The SMILES string of the molecule is Cc1cc(/C=C/B2OC(C)(C)C(C)(C)O2)cnc1[N+](=O)[O-]. The maximum absolute atomic E-state index is 10.7. The minimum Gasteiger partial charge on any atom is -0.400 e. The van der Waals surface area contributed by atoms with Crippen LogP contribution in [0.15, 0.2) is 18.2 Å². The van der Waals surface area contributed by atoms with Crippen molar-refractivity contribution in [1.29, 1.82) is 0 Å². The van der Waals surface area contributed by atoms with Crippen LogP contribution in [0.4, 0.5) is 5.82 Å². The van der Waals surface area contributed by atoms with Crippen LogP contribution in [0.1, 0.15) is 38.8 Å². The molecule has 0 radical (unpaired) electrons. The zero-order chi connectivity index (χ0) is 15.8. The fourth-order valence-corrected chi connectivity index (χ4v) is 2.03. The summed E-state index contributed by atoms with van der Waals surface area (Å²) in [5.74, 6) is 1.67. The van der Waals surface area contributed by atoms with Crippen LogP contribution in [-0.2, 0) is 9.31 Å². The molecule has 1 aliphatic rings. The molecule has 0 saturated carbocycles. The van der Waals surface area contributed by atoms with Gasteiger partial charge in [0.15, 0.2) is 0 Å². The molecule has 6 nitrogen and oxygen atoms in total. The Hall–Kier alpha value is -1.73.